The molecule has 0 amide bonds. The molecule has 0 heterocycles. The smallest absolute Gasteiger partial charge is 0.304 e. The lowest BCUT2D eigenvalue weighted by Gasteiger charge is -2.24. The first-order valence-corrected chi connectivity index (χ1v) is 4.07. The molecule has 0 saturated heterocycles. The molecule has 0 radical (unpaired) electrons. The van der Waals surface area contributed by atoms with E-state index in [-0.39, 0.29) is 12.5 Å². The second-order valence-electron chi connectivity index (χ2n) is 2.67. The maximum absolute atomic E-state index is 10.3. The minimum absolute atomic E-state index is 0.155. The molecule has 1 atom stereocenters. The topological polar surface area (TPSA) is 40.5 Å². The lowest BCUT2D eigenvalue weighted by Crippen LogP contribution is -2.34. The third-order valence-corrected chi connectivity index (χ3v) is 1.91. The van der Waals surface area contributed by atoms with Crippen molar-refractivity contribution < 1.29 is 9.90 Å². The predicted octanol–water partition coefficient (Wildman–Crippen LogP) is 1.19. The number of carboxylic acids is 1. The Hall–Kier alpha value is -0.570. The predicted molar refractivity (Wildman–Crippen MR) is 44.6 cm³/mol. The molecule has 0 spiro atoms. The average Bonchev–Trinajstić information content (AvgIpc) is 1.88. The maximum Gasteiger partial charge on any atom is 0.304 e. The highest BCUT2D eigenvalue weighted by Crippen LogP contribution is 2.02. The summed E-state index contributed by atoms with van der Waals surface area (Å²) in [5, 5.41) is 8.50. The minimum Gasteiger partial charge on any atom is -0.481 e. The SMILES string of the molecule is CCN(CC)C(C)CC(=O)O. The van der Waals surface area contributed by atoms with Crippen LogP contribution < -0.4 is 0 Å². The highest BCUT2D eigenvalue weighted by molar-refractivity contribution is 5.67. The van der Waals surface area contributed by atoms with E-state index in [0.717, 1.165) is 13.1 Å². The van der Waals surface area contributed by atoms with E-state index in [1.807, 2.05) is 20.8 Å². The van der Waals surface area contributed by atoms with Crippen LogP contribution in [0.5, 0.6) is 0 Å². The Kier molecular flexibility index (Phi) is 4.86. The first-order valence-electron chi connectivity index (χ1n) is 4.07. The zero-order valence-corrected chi connectivity index (χ0v) is 7.50. The van der Waals surface area contributed by atoms with Crippen LogP contribution in [-0.4, -0.2) is 35.1 Å². The van der Waals surface area contributed by atoms with E-state index in [4.69, 9.17) is 5.11 Å². The zero-order valence-electron chi connectivity index (χ0n) is 7.50. The maximum atomic E-state index is 10.3. The van der Waals surface area contributed by atoms with Crippen LogP contribution in [0.3, 0.4) is 0 Å². The Labute approximate surface area is 68.0 Å². The van der Waals surface area contributed by atoms with E-state index in [1.54, 1.807) is 0 Å². The van der Waals surface area contributed by atoms with E-state index >= 15 is 0 Å². The first-order chi connectivity index (χ1) is 5.11. The van der Waals surface area contributed by atoms with Crippen LogP contribution in [0.1, 0.15) is 27.2 Å². The van der Waals surface area contributed by atoms with Crippen molar-refractivity contribution in [3.63, 3.8) is 0 Å². The molecule has 0 aromatic rings. The highest BCUT2D eigenvalue weighted by Gasteiger charge is 2.12. The van der Waals surface area contributed by atoms with Crippen molar-refractivity contribution in [2.75, 3.05) is 13.1 Å². The van der Waals surface area contributed by atoms with Crippen molar-refractivity contribution in [1.82, 2.24) is 4.90 Å². The van der Waals surface area contributed by atoms with Crippen LogP contribution >= 0.6 is 0 Å². The van der Waals surface area contributed by atoms with Gasteiger partial charge in [0.25, 0.3) is 0 Å². The second-order valence-corrected chi connectivity index (χ2v) is 2.67. The van der Waals surface area contributed by atoms with Gasteiger partial charge in [-0.25, -0.2) is 0 Å². The Morgan fingerprint density at radius 1 is 1.45 bits per heavy atom. The van der Waals surface area contributed by atoms with Crippen molar-refractivity contribution in [1.29, 1.82) is 0 Å². The molecule has 0 aliphatic carbocycles. The van der Waals surface area contributed by atoms with Gasteiger partial charge in [-0.1, -0.05) is 13.8 Å². The Balaban J connectivity index is 3.78. The summed E-state index contributed by atoms with van der Waals surface area (Å²) in [4.78, 5) is 12.5. The Morgan fingerprint density at radius 2 is 1.91 bits per heavy atom. The molecule has 0 rings (SSSR count). The van der Waals surface area contributed by atoms with Crippen LogP contribution in [0.2, 0.25) is 0 Å². The molecule has 11 heavy (non-hydrogen) atoms. The molecule has 0 aliphatic rings. The molecule has 66 valence electrons. The van der Waals surface area contributed by atoms with E-state index < -0.39 is 5.97 Å². The van der Waals surface area contributed by atoms with Crippen molar-refractivity contribution in [3.8, 4) is 0 Å². The zero-order chi connectivity index (χ0) is 8.85. The minimum atomic E-state index is -0.718. The molecule has 0 fully saturated rings. The van der Waals surface area contributed by atoms with Crippen molar-refractivity contribution in [2.24, 2.45) is 0 Å². The van der Waals surface area contributed by atoms with Gasteiger partial charge >= 0.3 is 5.97 Å². The fourth-order valence-corrected chi connectivity index (χ4v) is 1.23. The normalized spacial score (nSPS) is 13.5. The summed E-state index contributed by atoms with van der Waals surface area (Å²) in [6.45, 7) is 7.88. The molecule has 0 bridgehead atoms. The Morgan fingerprint density at radius 3 is 2.18 bits per heavy atom. The van der Waals surface area contributed by atoms with Gasteiger partial charge in [-0.2, -0.15) is 0 Å². The highest BCUT2D eigenvalue weighted by atomic mass is 16.4. The molecule has 3 nitrogen and oxygen atoms in total. The molecule has 1 N–H and O–H groups in total. The van der Waals surface area contributed by atoms with Gasteiger partial charge in [0.1, 0.15) is 0 Å². The van der Waals surface area contributed by atoms with Crippen LogP contribution in [0.25, 0.3) is 0 Å². The molecule has 3 heteroatoms. The van der Waals surface area contributed by atoms with E-state index in [1.165, 1.54) is 0 Å². The van der Waals surface area contributed by atoms with Gasteiger partial charge in [-0.05, 0) is 20.0 Å². The van der Waals surface area contributed by atoms with Gasteiger partial charge in [0, 0.05) is 6.04 Å². The number of rotatable bonds is 5. The number of carboxylic acid groups (broad SMARTS) is 1. The number of nitrogens with zero attached hydrogens (tertiary/aromatic N) is 1. The molecular weight excluding hydrogens is 142 g/mol. The number of hydrogen-bond donors (Lipinski definition) is 1. The molecule has 0 aliphatic heterocycles. The summed E-state index contributed by atoms with van der Waals surface area (Å²) >= 11 is 0. The van der Waals surface area contributed by atoms with Gasteiger partial charge < -0.3 is 10.0 Å². The summed E-state index contributed by atoms with van der Waals surface area (Å²) < 4.78 is 0. The van der Waals surface area contributed by atoms with Crippen LogP contribution in [-0.2, 0) is 4.79 Å². The van der Waals surface area contributed by atoms with Gasteiger partial charge in [0.05, 0.1) is 6.42 Å². The summed E-state index contributed by atoms with van der Waals surface area (Å²) in [6.07, 6.45) is 0.238. The monoisotopic (exact) mass is 159 g/mol. The largest absolute Gasteiger partial charge is 0.481 e. The van der Waals surface area contributed by atoms with E-state index in [9.17, 15) is 4.79 Å². The van der Waals surface area contributed by atoms with Crippen LogP contribution in [0.4, 0.5) is 0 Å². The van der Waals surface area contributed by atoms with Gasteiger partial charge in [-0.3, -0.25) is 4.79 Å². The van der Waals surface area contributed by atoms with Crippen molar-refractivity contribution in [3.05, 3.63) is 0 Å². The molecule has 0 aromatic carbocycles. The van der Waals surface area contributed by atoms with Gasteiger partial charge in [-0.15, -0.1) is 0 Å². The quantitative estimate of drug-likeness (QED) is 0.655. The van der Waals surface area contributed by atoms with Crippen molar-refractivity contribution >= 4 is 5.97 Å². The lowest BCUT2D eigenvalue weighted by molar-refractivity contribution is -0.138. The molecule has 0 aromatic heterocycles. The summed E-state index contributed by atoms with van der Waals surface area (Å²) in [7, 11) is 0. The van der Waals surface area contributed by atoms with Crippen molar-refractivity contribution in [2.45, 2.75) is 33.2 Å². The molecule has 1 unspecified atom stereocenters. The summed E-state index contributed by atoms with van der Waals surface area (Å²) in [5.41, 5.74) is 0. The van der Waals surface area contributed by atoms with E-state index in [2.05, 4.69) is 4.90 Å². The fraction of sp³-hybridized carbons (Fsp3) is 0.875. The van der Waals surface area contributed by atoms with Crippen LogP contribution in [0.15, 0.2) is 0 Å². The second kappa shape index (κ2) is 5.13. The third kappa shape index (κ3) is 3.98. The van der Waals surface area contributed by atoms with E-state index in [0.29, 0.717) is 0 Å². The summed E-state index contributed by atoms with van der Waals surface area (Å²) in [6, 6.07) is 0.155. The molecule has 0 saturated carbocycles. The number of carbonyl (C=O) groups is 1. The first kappa shape index (κ1) is 10.4. The van der Waals surface area contributed by atoms with Crippen LogP contribution in [0, 0.1) is 0 Å². The average molecular weight is 159 g/mol. The summed E-state index contributed by atoms with van der Waals surface area (Å²) in [5.74, 6) is -0.718. The molecular formula is C8H17NO2. The number of aliphatic carboxylic acids is 1. The van der Waals surface area contributed by atoms with Gasteiger partial charge in [0.2, 0.25) is 0 Å². The third-order valence-electron chi connectivity index (χ3n) is 1.91. The fourth-order valence-electron chi connectivity index (χ4n) is 1.23. The van der Waals surface area contributed by atoms with Gasteiger partial charge in [0.15, 0.2) is 0 Å². The standard InChI is InChI=1S/C8H17NO2/c1-4-9(5-2)7(3)6-8(10)11/h7H,4-6H2,1-3H3,(H,10,11). The number of hydrogen-bond acceptors (Lipinski definition) is 2. The Bertz CT molecular complexity index is 121. The lowest BCUT2D eigenvalue weighted by atomic mass is 10.2.